The molecular formula is C35H61N5O21S3. The number of ether oxygens (including phenoxy) is 8. The molecule has 3 heterocycles. The Morgan fingerprint density at radius 1 is 0.734 bits per heavy atom. The van der Waals surface area contributed by atoms with E-state index < -0.39 is 126 Å². The lowest BCUT2D eigenvalue weighted by molar-refractivity contribution is -0.341. The molecule has 3 rings (SSSR count). The highest BCUT2D eigenvalue weighted by atomic mass is 32.2. The molecule has 0 bridgehead atoms. The van der Waals surface area contributed by atoms with E-state index >= 15 is 0 Å². The Morgan fingerprint density at radius 3 is 1.73 bits per heavy atom. The van der Waals surface area contributed by atoms with Crippen molar-refractivity contribution in [1.82, 2.24) is 0 Å². The van der Waals surface area contributed by atoms with Crippen LogP contribution in [0.4, 0.5) is 0 Å². The first-order valence-corrected chi connectivity index (χ1v) is 22.0. The van der Waals surface area contributed by atoms with Gasteiger partial charge in [0.25, 0.3) is 0 Å². The largest absolute Gasteiger partial charge is 0.484 e. The molecule has 14 atom stereocenters. The Kier molecular flexibility index (Phi) is 29.4. The molecular weight excluding hydrogens is 923 g/mol. The van der Waals surface area contributed by atoms with Crippen LogP contribution in [0, 0.1) is 16.7 Å². The molecule has 14 N–H and O–H groups in total. The Labute approximate surface area is 381 Å². The van der Waals surface area contributed by atoms with Gasteiger partial charge in [-0.2, -0.15) is 5.26 Å². The highest BCUT2D eigenvalue weighted by molar-refractivity contribution is 8.00. The molecule has 26 nitrogen and oxygen atoms in total. The average molecular weight is 984 g/mol. The molecule has 0 aromatic heterocycles. The van der Waals surface area contributed by atoms with Crippen LogP contribution in [0.5, 0.6) is 0 Å². The van der Waals surface area contributed by atoms with Crippen LogP contribution in [0.1, 0.15) is 27.7 Å². The normalized spacial score (nSPS) is 31.8. The highest BCUT2D eigenvalue weighted by Crippen LogP contribution is 2.35. The van der Waals surface area contributed by atoms with Crippen molar-refractivity contribution in [1.29, 1.82) is 10.7 Å². The van der Waals surface area contributed by atoms with E-state index in [2.05, 4.69) is 15.5 Å². The summed E-state index contributed by atoms with van der Waals surface area (Å²) in [6.07, 6.45) is -14.2. The summed E-state index contributed by atoms with van der Waals surface area (Å²) in [6, 6.07) is 1.92. The van der Waals surface area contributed by atoms with Crippen molar-refractivity contribution in [2.24, 2.45) is 16.5 Å². The number of amidine groups is 1. The van der Waals surface area contributed by atoms with Crippen molar-refractivity contribution in [3.63, 3.8) is 0 Å². The Morgan fingerprint density at radius 2 is 1.25 bits per heavy atom. The van der Waals surface area contributed by atoms with Crippen molar-refractivity contribution >= 4 is 70.9 Å². The van der Waals surface area contributed by atoms with Crippen LogP contribution in [0.25, 0.3) is 0 Å². The van der Waals surface area contributed by atoms with E-state index in [4.69, 9.17) is 59.8 Å². The molecule has 3 fully saturated rings. The van der Waals surface area contributed by atoms with Gasteiger partial charge in [-0.05, 0) is 7.05 Å². The van der Waals surface area contributed by atoms with Crippen LogP contribution in [-0.4, -0.2) is 229 Å². The van der Waals surface area contributed by atoms with Gasteiger partial charge in [-0.3, -0.25) is 29.6 Å². The zero-order chi connectivity index (χ0) is 49.5. The zero-order valence-electron chi connectivity index (χ0n) is 36.0. The van der Waals surface area contributed by atoms with Crippen molar-refractivity contribution in [2.45, 2.75) is 117 Å². The lowest BCUT2D eigenvalue weighted by Gasteiger charge is -2.44. The highest BCUT2D eigenvalue weighted by Gasteiger charge is 2.54. The summed E-state index contributed by atoms with van der Waals surface area (Å²) in [5.74, 6) is -4.66. The topological polar surface area (TPSA) is 436 Å². The number of carbonyl (C=O) groups excluding carboxylic acids is 4. The molecule has 3 saturated heterocycles. The summed E-state index contributed by atoms with van der Waals surface area (Å²) in [6.45, 7) is 3.19. The number of carbonyl (C=O) groups is 4. The first kappa shape index (κ1) is 60.8. The number of hydrogen-bond donors (Lipinski definition) is 12. The molecule has 0 aromatic rings. The lowest BCUT2D eigenvalue weighted by Crippen LogP contribution is -2.66. The van der Waals surface area contributed by atoms with E-state index in [0.717, 1.165) is 56.1 Å². The van der Waals surface area contributed by atoms with Crippen LogP contribution < -0.4 is 11.5 Å². The second-order valence-corrected chi connectivity index (χ2v) is 16.4. The number of nitrogens with one attached hydrogen (secondary N) is 1. The lowest BCUT2D eigenvalue weighted by atomic mass is 9.96. The Balaban J connectivity index is 0.000000944. The number of hydrogen-bond acceptors (Lipinski definition) is 28. The van der Waals surface area contributed by atoms with Crippen molar-refractivity contribution < 1.29 is 103 Å². The molecule has 0 amide bonds. The predicted octanol–water partition coefficient (Wildman–Crippen LogP) is -5.13. The van der Waals surface area contributed by atoms with Gasteiger partial charge < -0.3 is 95.3 Å². The minimum atomic E-state index is -2.72. The molecule has 0 aromatic carbocycles. The fourth-order valence-corrected chi connectivity index (χ4v) is 8.24. The van der Waals surface area contributed by atoms with E-state index in [0.29, 0.717) is 11.6 Å². The SMILES string of the molecule is CC(=O)OCC1OC(SCC#N)C(OC(C)=O)C(OC(C)=O)C1OC(C)=O.CN.CN=C(N)CSC1OC(CO)C(O)C(O)C1O.COC(=N)CSC1OC(CO)C(O)(O)C(O)C1O. The fraction of sp³-hybridized carbons (Fsp3) is 0.800. The molecule has 3 aliphatic rings. The van der Waals surface area contributed by atoms with E-state index in [-0.39, 0.29) is 24.0 Å². The first-order chi connectivity index (χ1) is 30.0. The van der Waals surface area contributed by atoms with Gasteiger partial charge in [-0.25, -0.2) is 0 Å². The standard InChI is InChI=1S/C16H21NO9S.C9H18N2O5S.C9H17NO7S.CH5N/c1-8(18)22-7-12-13(23-9(2)19)14(24-10(3)20)15(25-11(4)21)16(26-12)27-6-5-17;1-11-5(10)3-17-9-8(15)7(14)6(13)4(2-12)16-9;1-16-5(10)3-18-8-6(12)7(13)9(14,15)4(2-11)17-8;1-2/h12-16H,6-7H2,1-4H3;4,6-9,12-15H,2-3H2,1H3,(H2,10,11);4,6-8,10-15H,2-3H2,1H3;2H2,1H3. The van der Waals surface area contributed by atoms with Gasteiger partial charge in [-0.15, -0.1) is 35.3 Å². The fourth-order valence-electron chi connectivity index (χ4n) is 5.34. The number of aliphatic hydroxyl groups is 9. The molecule has 64 heavy (non-hydrogen) atoms. The number of aliphatic hydroxyl groups excluding tert-OH is 7. The number of thioether (sulfide) groups is 3. The van der Waals surface area contributed by atoms with Crippen LogP contribution in [0.2, 0.25) is 0 Å². The summed E-state index contributed by atoms with van der Waals surface area (Å²) >= 11 is 3.10. The predicted molar refractivity (Wildman–Crippen MR) is 226 cm³/mol. The number of rotatable bonds is 15. The molecule has 0 spiro atoms. The molecule has 370 valence electrons. The maximum absolute atomic E-state index is 11.6. The van der Waals surface area contributed by atoms with Gasteiger partial charge in [0.15, 0.2) is 24.2 Å². The Bertz CT molecular complexity index is 1530. The second-order valence-electron chi connectivity index (χ2n) is 13.1. The smallest absolute Gasteiger partial charge is 0.303 e. The number of nitrogens with zero attached hydrogens (tertiary/aromatic N) is 2. The van der Waals surface area contributed by atoms with Crippen LogP contribution in [0.3, 0.4) is 0 Å². The van der Waals surface area contributed by atoms with Crippen LogP contribution in [0.15, 0.2) is 4.99 Å². The van der Waals surface area contributed by atoms with E-state index in [1.807, 2.05) is 6.07 Å². The number of aliphatic imine (C=N–C) groups is 1. The minimum Gasteiger partial charge on any atom is -0.484 e. The van der Waals surface area contributed by atoms with Crippen LogP contribution in [-0.2, 0) is 57.1 Å². The molecule has 3 aliphatic heterocycles. The first-order valence-electron chi connectivity index (χ1n) is 18.8. The third kappa shape index (κ3) is 19.7. The molecule has 29 heteroatoms. The summed E-state index contributed by atoms with van der Waals surface area (Å²) < 4.78 is 41.4. The summed E-state index contributed by atoms with van der Waals surface area (Å²) in [4.78, 5) is 49.5. The van der Waals surface area contributed by atoms with Crippen molar-refractivity contribution in [2.75, 3.05) is 58.3 Å². The summed E-state index contributed by atoms with van der Waals surface area (Å²) in [7, 11) is 4.36. The zero-order valence-corrected chi connectivity index (χ0v) is 38.5. The Hall–Kier alpha value is -3.16. The molecule has 0 saturated carbocycles. The van der Waals surface area contributed by atoms with Gasteiger partial charge in [0.1, 0.15) is 77.6 Å². The van der Waals surface area contributed by atoms with Crippen molar-refractivity contribution in [3.05, 3.63) is 0 Å². The monoisotopic (exact) mass is 983 g/mol. The maximum atomic E-state index is 11.6. The van der Waals surface area contributed by atoms with Gasteiger partial charge >= 0.3 is 23.9 Å². The third-order valence-electron chi connectivity index (χ3n) is 8.39. The maximum Gasteiger partial charge on any atom is 0.303 e. The van der Waals surface area contributed by atoms with E-state index in [1.54, 1.807) is 7.05 Å². The molecule has 0 aliphatic carbocycles. The number of nitriles is 1. The second kappa shape index (κ2) is 30.9. The third-order valence-corrected chi connectivity index (χ3v) is 11.7. The van der Waals surface area contributed by atoms with E-state index in [9.17, 15) is 54.9 Å². The molecule has 0 radical (unpaired) electrons. The van der Waals surface area contributed by atoms with Gasteiger partial charge in [-0.1, -0.05) is 0 Å². The van der Waals surface area contributed by atoms with Gasteiger partial charge in [0, 0.05) is 34.7 Å². The number of methoxy groups -OCH3 is 1. The average Bonchev–Trinajstić information content (AvgIpc) is 3.25. The van der Waals surface area contributed by atoms with Gasteiger partial charge in [0.2, 0.25) is 5.79 Å². The number of nitrogens with two attached hydrogens (primary N) is 2. The van der Waals surface area contributed by atoms with Gasteiger partial charge in [0.05, 0.1) is 43.7 Å². The minimum absolute atomic E-state index is 0.00621. The quantitative estimate of drug-likeness (QED) is 0.0240. The van der Waals surface area contributed by atoms with Crippen LogP contribution >= 0.6 is 35.3 Å². The van der Waals surface area contributed by atoms with Crippen molar-refractivity contribution in [3.8, 4) is 6.07 Å². The van der Waals surface area contributed by atoms with E-state index in [1.165, 1.54) is 21.1 Å². The summed E-state index contributed by atoms with van der Waals surface area (Å²) in [5.41, 5.74) is 7.33. The summed E-state index contributed by atoms with van der Waals surface area (Å²) in [5, 5.41) is 101. The molecule has 14 unspecified atom stereocenters. The number of esters is 4.